The molecule has 0 N–H and O–H groups in total. The summed E-state index contributed by atoms with van der Waals surface area (Å²) in [5, 5.41) is 0.534. The molecule has 0 aliphatic rings. The molecule has 0 amide bonds. The third-order valence-electron chi connectivity index (χ3n) is 2.46. The van der Waals surface area contributed by atoms with Gasteiger partial charge in [0, 0.05) is 30.1 Å². The lowest BCUT2D eigenvalue weighted by Gasteiger charge is -2.05. The fraction of sp³-hybridized carbons (Fsp3) is 0.250. The van der Waals surface area contributed by atoms with Crippen molar-refractivity contribution in [3.63, 3.8) is 0 Å². The molecule has 2 heterocycles. The number of aromatic nitrogens is 3. The Morgan fingerprint density at radius 2 is 2.06 bits per heavy atom. The van der Waals surface area contributed by atoms with E-state index < -0.39 is 0 Å². The predicted molar refractivity (Wildman–Crippen MR) is 63.6 cm³/mol. The number of pyridine rings is 1. The lowest BCUT2D eigenvalue weighted by Crippen LogP contribution is -2.01. The molecule has 0 aliphatic carbocycles. The Balaban J connectivity index is 2.29. The summed E-state index contributed by atoms with van der Waals surface area (Å²) in [6.45, 7) is 3.86. The molecule has 2 aromatic rings. The number of hydrogen-bond donors (Lipinski definition) is 0. The molecule has 2 aromatic heterocycles. The van der Waals surface area contributed by atoms with E-state index in [4.69, 9.17) is 11.6 Å². The van der Waals surface area contributed by atoms with Crippen molar-refractivity contribution in [2.45, 2.75) is 20.3 Å². The number of rotatable bonds is 2. The van der Waals surface area contributed by atoms with Crippen LogP contribution < -0.4 is 0 Å². The van der Waals surface area contributed by atoms with E-state index in [0.29, 0.717) is 11.6 Å². The molecule has 0 bridgehead atoms. The lowest BCUT2D eigenvalue weighted by atomic mass is 10.2. The van der Waals surface area contributed by atoms with Gasteiger partial charge in [-0.25, -0.2) is 9.97 Å². The first-order valence-corrected chi connectivity index (χ1v) is 5.43. The molecule has 0 radical (unpaired) electrons. The average molecular weight is 234 g/mol. The van der Waals surface area contributed by atoms with Gasteiger partial charge < -0.3 is 0 Å². The van der Waals surface area contributed by atoms with Gasteiger partial charge in [0.1, 0.15) is 11.0 Å². The van der Waals surface area contributed by atoms with Crippen LogP contribution in [0, 0.1) is 13.8 Å². The normalized spacial score (nSPS) is 10.4. The van der Waals surface area contributed by atoms with E-state index in [1.807, 2.05) is 32.2 Å². The van der Waals surface area contributed by atoms with E-state index in [1.165, 1.54) is 0 Å². The minimum absolute atomic E-state index is 0.534. The summed E-state index contributed by atoms with van der Waals surface area (Å²) >= 11 is 6.02. The van der Waals surface area contributed by atoms with E-state index in [-0.39, 0.29) is 0 Å². The van der Waals surface area contributed by atoms with Gasteiger partial charge in [-0.2, -0.15) is 0 Å². The van der Waals surface area contributed by atoms with Crippen LogP contribution in [0.3, 0.4) is 0 Å². The lowest BCUT2D eigenvalue weighted by molar-refractivity contribution is 0.923. The average Bonchev–Trinajstić information content (AvgIpc) is 2.27. The SMILES string of the molecule is Cc1nc(Cc2cccnc2)nc(Cl)c1C. The second-order valence-electron chi connectivity index (χ2n) is 3.68. The molecule has 0 atom stereocenters. The highest BCUT2D eigenvalue weighted by molar-refractivity contribution is 6.30. The fourth-order valence-corrected chi connectivity index (χ4v) is 1.65. The summed E-state index contributed by atoms with van der Waals surface area (Å²) in [4.78, 5) is 12.7. The van der Waals surface area contributed by atoms with Crippen LogP contribution in [-0.2, 0) is 6.42 Å². The Kier molecular flexibility index (Phi) is 3.15. The van der Waals surface area contributed by atoms with Crippen LogP contribution in [0.1, 0.15) is 22.6 Å². The first kappa shape index (κ1) is 11.0. The summed E-state index contributed by atoms with van der Waals surface area (Å²) in [5.74, 6) is 0.737. The maximum atomic E-state index is 6.02. The maximum absolute atomic E-state index is 6.02. The van der Waals surface area contributed by atoms with Crippen LogP contribution in [0.25, 0.3) is 0 Å². The fourth-order valence-electron chi connectivity index (χ4n) is 1.41. The standard InChI is InChI=1S/C12H12ClN3/c1-8-9(2)15-11(16-12(8)13)6-10-4-3-5-14-7-10/h3-5,7H,6H2,1-2H3. The van der Waals surface area contributed by atoms with Crippen LogP contribution >= 0.6 is 11.6 Å². The number of nitrogens with zero attached hydrogens (tertiary/aromatic N) is 3. The Morgan fingerprint density at radius 3 is 2.69 bits per heavy atom. The summed E-state index contributed by atoms with van der Waals surface area (Å²) in [7, 11) is 0. The quantitative estimate of drug-likeness (QED) is 0.749. The maximum Gasteiger partial charge on any atom is 0.135 e. The monoisotopic (exact) mass is 233 g/mol. The second kappa shape index (κ2) is 4.58. The molecular weight excluding hydrogens is 222 g/mol. The number of aryl methyl sites for hydroxylation is 1. The molecule has 4 heteroatoms. The molecule has 2 rings (SSSR count). The Bertz CT molecular complexity index is 474. The van der Waals surface area contributed by atoms with Gasteiger partial charge in [-0.15, -0.1) is 0 Å². The molecule has 0 aliphatic heterocycles. The van der Waals surface area contributed by atoms with Crippen molar-refractivity contribution in [3.05, 3.63) is 52.3 Å². The van der Waals surface area contributed by atoms with E-state index in [0.717, 1.165) is 22.6 Å². The van der Waals surface area contributed by atoms with Crippen molar-refractivity contribution in [2.75, 3.05) is 0 Å². The van der Waals surface area contributed by atoms with Crippen molar-refractivity contribution in [1.82, 2.24) is 15.0 Å². The van der Waals surface area contributed by atoms with Crippen molar-refractivity contribution in [2.24, 2.45) is 0 Å². The molecular formula is C12H12ClN3. The molecule has 82 valence electrons. The summed E-state index contributed by atoms with van der Waals surface area (Å²) in [6, 6.07) is 3.90. The highest BCUT2D eigenvalue weighted by Crippen LogP contribution is 2.15. The van der Waals surface area contributed by atoms with Crippen molar-refractivity contribution in [1.29, 1.82) is 0 Å². The van der Waals surface area contributed by atoms with Gasteiger partial charge in [0.25, 0.3) is 0 Å². The molecule has 0 aromatic carbocycles. The van der Waals surface area contributed by atoms with Crippen LogP contribution in [-0.4, -0.2) is 15.0 Å². The number of halogens is 1. The Labute approximate surface area is 99.5 Å². The Morgan fingerprint density at radius 1 is 1.25 bits per heavy atom. The first-order chi connectivity index (χ1) is 7.66. The van der Waals surface area contributed by atoms with Gasteiger partial charge in [-0.1, -0.05) is 17.7 Å². The zero-order valence-electron chi connectivity index (χ0n) is 9.24. The van der Waals surface area contributed by atoms with Gasteiger partial charge in [0.2, 0.25) is 0 Å². The van der Waals surface area contributed by atoms with Crippen LogP contribution in [0.15, 0.2) is 24.5 Å². The molecule has 0 fully saturated rings. The van der Waals surface area contributed by atoms with Gasteiger partial charge >= 0.3 is 0 Å². The predicted octanol–water partition coefficient (Wildman–Crippen LogP) is 2.73. The molecule has 16 heavy (non-hydrogen) atoms. The molecule has 0 spiro atoms. The third-order valence-corrected chi connectivity index (χ3v) is 2.83. The highest BCUT2D eigenvalue weighted by atomic mass is 35.5. The van der Waals surface area contributed by atoms with Gasteiger partial charge in [-0.3, -0.25) is 4.98 Å². The molecule has 0 unspecified atom stereocenters. The van der Waals surface area contributed by atoms with Crippen LogP contribution in [0.4, 0.5) is 0 Å². The first-order valence-electron chi connectivity index (χ1n) is 5.05. The van der Waals surface area contributed by atoms with Crippen molar-refractivity contribution < 1.29 is 0 Å². The summed E-state index contributed by atoms with van der Waals surface area (Å²) in [5.41, 5.74) is 2.96. The largest absolute Gasteiger partial charge is 0.264 e. The van der Waals surface area contributed by atoms with E-state index in [2.05, 4.69) is 15.0 Å². The van der Waals surface area contributed by atoms with Crippen molar-refractivity contribution in [3.8, 4) is 0 Å². The van der Waals surface area contributed by atoms with Crippen LogP contribution in [0.5, 0.6) is 0 Å². The zero-order valence-corrected chi connectivity index (χ0v) is 9.99. The smallest absolute Gasteiger partial charge is 0.135 e. The summed E-state index contributed by atoms with van der Waals surface area (Å²) in [6.07, 6.45) is 4.22. The van der Waals surface area contributed by atoms with E-state index >= 15 is 0 Å². The highest BCUT2D eigenvalue weighted by Gasteiger charge is 2.06. The summed E-state index contributed by atoms with van der Waals surface area (Å²) < 4.78 is 0. The minimum atomic E-state index is 0.534. The van der Waals surface area contributed by atoms with E-state index in [1.54, 1.807) is 6.20 Å². The molecule has 3 nitrogen and oxygen atoms in total. The van der Waals surface area contributed by atoms with Gasteiger partial charge in [0.05, 0.1) is 0 Å². The number of hydrogen-bond acceptors (Lipinski definition) is 3. The molecule has 0 saturated heterocycles. The van der Waals surface area contributed by atoms with E-state index in [9.17, 15) is 0 Å². The third kappa shape index (κ3) is 2.36. The second-order valence-corrected chi connectivity index (χ2v) is 4.04. The van der Waals surface area contributed by atoms with Gasteiger partial charge in [0.15, 0.2) is 0 Å². The minimum Gasteiger partial charge on any atom is -0.264 e. The van der Waals surface area contributed by atoms with Crippen LogP contribution in [0.2, 0.25) is 5.15 Å². The topological polar surface area (TPSA) is 38.7 Å². The van der Waals surface area contributed by atoms with Crippen molar-refractivity contribution >= 4 is 11.6 Å². The Hall–Kier alpha value is -1.48. The zero-order chi connectivity index (χ0) is 11.5. The van der Waals surface area contributed by atoms with Gasteiger partial charge in [-0.05, 0) is 25.5 Å². The molecule has 0 saturated carbocycles.